The van der Waals surface area contributed by atoms with Crippen LogP contribution in [0.2, 0.25) is 0 Å². The van der Waals surface area contributed by atoms with Gasteiger partial charge in [0.05, 0.1) is 22.2 Å². The van der Waals surface area contributed by atoms with E-state index in [2.05, 4.69) is 34.1 Å². The zero-order valence-corrected chi connectivity index (χ0v) is 14.9. The van der Waals surface area contributed by atoms with Gasteiger partial charge < -0.3 is 15.7 Å². The second-order valence-electron chi connectivity index (χ2n) is 7.13. The molecule has 0 atom stereocenters. The number of hydrogen-bond donors (Lipinski definition) is 2. The molecule has 4 aromatic rings. The number of fused-ring (bicyclic) bond motifs is 2. The molecule has 0 unspecified atom stereocenters. The number of aromatic nitrogens is 3. The van der Waals surface area contributed by atoms with E-state index in [1.807, 2.05) is 16.7 Å². The van der Waals surface area contributed by atoms with Gasteiger partial charge in [-0.25, -0.2) is 9.97 Å². The van der Waals surface area contributed by atoms with Crippen LogP contribution in [-0.4, -0.2) is 38.8 Å². The Labute approximate surface area is 156 Å². The number of benzene rings is 2. The third-order valence-electron chi connectivity index (χ3n) is 5.34. The van der Waals surface area contributed by atoms with Crippen LogP contribution in [0.3, 0.4) is 0 Å². The number of pyridine rings is 1. The molecule has 0 saturated carbocycles. The van der Waals surface area contributed by atoms with Crippen molar-refractivity contribution < 1.29 is 5.11 Å². The van der Waals surface area contributed by atoms with Crippen molar-refractivity contribution in [3.63, 3.8) is 0 Å². The number of para-hydroxylation sites is 1. The van der Waals surface area contributed by atoms with Gasteiger partial charge in [0.25, 0.3) is 0 Å². The molecule has 1 fully saturated rings. The van der Waals surface area contributed by atoms with Crippen molar-refractivity contribution in [3.8, 4) is 11.6 Å². The number of aromatic hydroxyl groups is 1. The number of anilines is 1. The monoisotopic (exact) mass is 359 g/mol. The van der Waals surface area contributed by atoms with Gasteiger partial charge in [-0.05, 0) is 43.2 Å². The minimum atomic E-state index is 0.213. The Bertz CT molecular complexity index is 1130. The van der Waals surface area contributed by atoms with Crippen LogP contribution in [-0.2, 0) is 0 Å². The Morgan fingerprint density at radius 1 is 1.04 bits per heavy atom. The molecule has 0 spiro atoms. The standard InChI is InChI=1S/C21H21N5O/c22-15-8-10-25(11-9-15)19-3-1-2-14-4-7-20(24-21(14)19)26-13-23-17-12-16(27)5-6-18(17)26/h1-7,12-13,15,27H,8-11,22H2. The predicted octanol–water partition coefficient (Wildman–Crippen LogP) is 3.21. The summed E-state index contributed by atoms with van der Waals surface area (Å²) in [4.78, 5) is 11.7. The molecule has 5 rings (SSSR count). The van der Waals surface area contributed by atoms with E-state index in [0.29, 0.717) is 6.04 Å². The molecule has 0 amide bonds. The lowest BCUT2D eigenvalue weighted by atomic mass is 10.0. The van der Waals surface area contributed by atoms with Crippen LogP contribution in [0.15, 0.2) is 54.9 Å². The molecular weight excluding hydrogens is 338 g/mol. The highest BCUT2D eigenvalue weighted by Gasteiger charge is 2.19. The van der Waals surface area contributed by atoms with Crippen molar-refractivity contribution in [1.29, 1.82) is 0 Å². The van der Waals surface area contributed by atoms with Crippen LogP contribution >= 0.6 is 0 Å². The number of imidazole rings is 1. The molecule has 6 heteroatoms. The number of nitrogens with zero attached hydrogens (tertiary/aromatic N) is 4. The summed E-state index contributed by atoms with van der Waals surface area (Å²) in [6, 6.07) is 15.9. The van der Waals surface area contributed by atoms with E-state index in [1.165, 1.54) is 0 Å². The second kappa shape index (κ2) is 6.25. The maximum Gasteiger partial charge on any atom is 0.139 e. The van der Waals surface area contributed by atoms with Gasteiger partial charge in [-0.2, -0.15) is 0 Å². The first-order valence-electron chi connectivity index (χ1n) is 9.26. The summed E-state index contributed by atoms with van der Waals surface area (Å²) < 4.78 is 1.96. The van der Waals surface area contributed by atoms with Gasteiger partial charge in [0.15, 0.2) is 0 Å². The molecule has 3 N–H and O–H groups in total. The normalized spacial score (nSPS) is 15.7. The van der Waals surface area contributed by atoms with Crippen molar-refractivity contribution in [1.82, 2.24) is 14.5 Å². The van der Waals surface area contributed by atoms with Crippen molar-refractivity contribution in [2.24, 2.45) is 5.73 Å². The number of hydrogen-bond acceptors (Lipinski definition) is 5. The molecule has 0 radical (unpaired) electrons. The highest BCUT2D eigenvalue weighted by atomic mass is 16.3. The summed E-state index contributed by atoms with van der Waals surface area (Å²) in [5, 5.41) is 10.8. The Balaban J connectivity index is 1.63. The third-order valence-corrected chi connectivity index (χ3v) is 5.34. The van der Waals surface area contributed by atoms with Crippen LogP contribution in [0.5, 0.6) is 5.75 Å². The number of phenols is 1. The Kier molecular flexibility index (Phi) is 3.72. The van der Waals surface area contributed by atoms with E-state index in [1.54, 1.807) is 18.5 Å². The van der Waals surface area contributed by atoms with Crippen LogP contribution < -0.4 is 10.6 Å². The van der Waals surface area contributed by atoms with Gasteiger partial charge in [-0.15, -0.1) is 0 Å². The van der Waals surface area contributed by atoms with E-state index < -0.39 is 0 Å². The zero-order valence-electron chi connectivity index (χ0n) is 14.9. The minimum Gasteiger partial charge on any atom is -0.508 e. The molecule has 136 valence electrons. The van der Waals surface area contributed by atoms with Crippen molar-refractivity contribution >= 4 is 27.6 Å². The predicted molar refractivity (Wildman–Crippen MR) is 107 cm³/mol. The molecule has 1 saturated heterocycles. The molecule has 0 aliphatic carbocycles. The van der Waals surface area contributed by atoms with Crippen molar-refractivity contribution in [2.75, 3.05) is 18.0 Å². The highest BCUT2D eigenvalue weighted by molar-refractivity contribution is 5.92. The Morgan fingerprint density at radius 3 is 2.74 bits per heavy atom. The Hall–Kier alpha value is -3.12. The summed E-state index contributed by atoms with van der Waals surface area (Å²) >= 11 is 0. The molecule has 3 heterocycles. The number of nitrogens with two attached hydrogens (primary N) is 1. The quantitative estimate of drug-likeness (QED) is 0.574. The van der Waals surface area contributed by atoms with Crippen molar-refractivity contribution in [2.45, 2.75) is 18.9 Å². The van der Waals surface area contributed by atoms with Crippen LogP contribution in [0, 0.1) is 0 Å². The number of piperidine rings is 1. The average molecular weight is 359 g/mol. The Morgan fingerprint density at radius 2 is 1.89 bits per heavy atom. The lowest BCUT2D eigenvalue weighted by molar-refractivity contribution is 0.476. The van der Waals surface area contributed by atoms with Gasteiger partial charge in [0.2, 0.25) is 0 Å². The topological polar surface area (TPSA) is 80.2 Å². The first-order chi connectivity index (χ1) is 13.2. The average Bonchev–Trinajstić information content (AvgIpc) is 3.11. The fraction of sp³-hybridized carbons (Fsp3) is 0.238. The lowest BCUT2D eigenvalue weighted by Gasteiger charge is -2.32. The molecule has 27 heavy (non-hydrogen) atoms. The van der Waals surface area contributed by atoms with Gasteiger partial charge in [0, 0.05) is 30.6 Å². The van der Waals surface area contributed by atoms with E-state index >= 15 is 0 Å². The van der Waals surface area contributed by atoms with E-state index in [4.69, 9.17) is 10.7 Å². The lowest BCUT2D eigenvalue weighted by Crippen LogP contribution is -2.39. The van der Waals surface area contributed by atoms with Gasteiger partial charge in [-0.3, -0.25) is 4.57 Å². The first-order valence-corrected chi connectivity index (χ1v) is 9.26. The summed E-state index contributed by atoms with van der Waals surface area (Å²) in [6.07, 6.45) is 3.76. The number of phenolic OH excluding ortho intramolecular Hbond substituents is 1. The van der Waals surface area contributed by atoms with Crippen LogP contribution in [0.4, 0.5) is 5.69 Å². The first kappa shape index (κ1) is 16.1. The summed E-state index contributed by atoms with van der Waals surface area (Å²) in [7, 11) is 0. The summed E-state index contributed by atoms with van der Waals surface area (Å²) in [5.74, 6) is 1.03. The fourth-order valence-electron chi connectivity index (χ4n) is 3.83. The maximum absolute atomic E-state index is 9.67. The molecule has 6 nitrogen and oxygen atoms in total. The molecule has 1 aliphatic rings. The van der Waals surface area contributed by atoms with Gasteiger partial charge in [-0.1, -0.05) is 12.1 Å². The molecule has 1 aliphatic heterocycles. The molecule has 0 bridgehead atoms. The minimum absolute atomic E-state index is 0.213. The van der Waals surface area contributed by atoms with Gasteiger partial charge >= 0.3 is 0 Å². The number of rotatable bonds is 2. The smallest absolute Gasteiger partial charge is 0.139 e. The van der Waals surface area contributed by atoms with Crippen molar-refractivity contribution in [3.05, 3.63) is 54.9 Å². The maximum atomic E-state index is 9.67. The van der Waals surface area contributed by atoms with Gasteiger partial charge in [0.1, 0.15) is 17.9 Å². The van der Waals surface area contributed by atoms with E-state index in [-0.39, 0.29) is 5.75 Å². The SMILES string of the molecule is NC1CCN(c2cccc3ccc(-n4cnc5cc(O)ccc54)nc23)CC1. The van der Waals surface area contributed by atoms with E-state index in [0.717, 1.165) is 59.4 Å². The molecular formula is C21H21N5O. The fourth-order valence-corrected chi connectivity index (χ4v) is 3.83. The summed E-state index contributed by atoms with van der Waals surface area (Å²) in [5.41, 5.74) is 9.88. The third kappa shape index (κ3) is 2.78. The second-order valence-corrected chi connectivity index (χ2v) is 7.13. The molecule has 2 aromatic carbocycles. The van der Waals surface area contributed by atoms with Crippen LogP contribution in [0.25, 0.3) is 27.8 Å². The van der Waals surface area contributed by atoms with Crippen LogP contribution in [0.1, 0.15) is 12.8 Å². The summed E-state index contributed by atoms with van der Waals surface area (Å²) in [6.45, 7) is 1.92. The zero-order chi connectivity index (χ0) is 18.4. The molecule has 2 aromatic heterocycles. The van der Waals surface area contributed by atoms with E-state index in [9.17, 15) is 5.11 Å². The highest BCUT2D eigenvalue weighted by Crippen LogP contribution is 2.29. The largest absolute Gasteiger partial charge is 0.508 e.